The van der Waals surface area contributed by atoms with Crippen molar-refractivity contribution in [3.05, 3.63) is 11.6 Å². The van der Waals surface area contributed by atoms with Crippen LogP contribution in [-0.2, 0) is 23.4 Å². The first kappa shape index (κ1) is 17.8. The summed E-state index contributed by atoms with van der Waals surface area (Å²) in [7, 11) is -5.49. The first-order chi connectivity index (χ1) is 9.51. The van der Waals surface area contributed by atoms with Gasteiger partial charge in [-0.3, -0.25) is 0 Å². The van der Waals surface area contributed by atoms with E-state index in [0.29, 0.717) is 0 Å². The molecule has 0 saturated carbocycles. The molecule has 1 aliphatic rings. The number of carboxylic acids is 2. The second-order valence-corrected chi connectivity index (χ2v) is 5.43. The second-order valence-electron chi connectivity index (χ2n) is 4.33. The molecule has 0 unspecified atom stereocenters. The van der Waals surface area contributed by atoms with Crippen molar-refractivity contribution in [2.75, 3.05) is 0 Å². The molecule has 0 saturated heterocycles. The van der Waals surface area contributed by atoms with Crippen molar-refractivity contribution in [2.24, 2.45) is 0 Å². The van der Waals surface area contributed by atoms with E-state index in [2.05, 4.69) is 4.52 Å². The van der Waals surface area contributed by atoms with E-state index < -0.39 is 56.2 Å². The third-order valence-electron chi connectivity index (χ3n) is 2.72. The van der Waals surface area contributed by atoms with Crippen LogP contribution in [0.5, 0.6) is 0 Å². The molecule has 0 bridgehead atoms. The average molecular weight is 322 g/mol. The lowest BCUT2D eigenvalue weighted by atomic mass is 9.92. The van der Waals surface area contributed by atoms with Gasteiger partial charge in [0.2, 0.25) is 0 Å². The molecule has 11 heteroatoms. The minimum absolute atomic E-state index is 0.491. The van der Waals surface area contributed by atoms with Crippen molar-refractivity contribution in [1.82, 2.24) is 0 Å². The summed E-state index contributed by atoms with van der Waals surface area (Å²) in [6, 6.07) is 0. The third kappa shape index (κ3) is 5.20. The molecular weight excluding hydrogens is 311 g/mol. The van der Waals surface area contributed by atoms with Crippen LogP contribution < -0.4 is 20.0 Å². The fraction of sp³-hybridized carbons (Fsp3) is 0.600. The summed E-state index contributed by atoms with van der Waals surface area (Å²) in [5.74, 6) is -3.33. The monoisotopic (exact) mass is 322 g/mol. The Morgan fingerprint density at radius 2 is 2.00 bits per heavy atom. The molecule has 0 spiro atoms. The van der Waals surface area contributed by atoms with E-state index in [9.17, 15) is 39.3 Å². The van der Waals surface area contributed by atoms with Crippen LogP contribution in [0, 0.1) is 0 Å². The van der Waals surface area contributed by atoms with Gasteiger partial charge >= 0.3 is 0 Å². The fourth-order valence-electron chi connectivity index (χ4n) is 1.74. The van der Waals surface area contributed by atoms with Gasteiger partial charge in [-0.2, -0.15) is 0 Å². The van der Waals surface area contributed by atoms with E-state index in [1.54, 1.807) is 0 Å². The number of phosphoric ester groups is 1. The van der Waals surface area contributed by atoms with Crippen molar-refractivity contribution in [3.63, 3.8) is 0 Å². The van der Waals surface area contributed by atoms with Gasteiger partial charge in [0.15, 0.2) is 0 Å². The van der Waals surface area contributed by atoms with E-state index in [1.165, 1.54) is 0 Å². The highest BCUT2D eigenvalue weighted by molar-refractivity contribution is 7.43. The standard InChI is InChI=1S/C10H15O10P/c1-4(9(12)13)19-6-2-5(10(14)15)3-7(8(6)11)20-21(16,17)18/h2,4,6-8,11H,3H2,1H3,(H,12,13)(H,14,15)(H2,16,17,18)/p-4/t4-,6+,7+,8-/m0/s1. The number of phosphoric acid groups is 1. The first-order valence-electron chi connectivity index (χ1n) is 5.68. The van der Waals surface area contributed by atoms with Crippen LogP contribution in [0.15, 0.2) is 11.6 Å². The van der Waals surface area contributed by atoms with Crippen LogP contribution in [0.3, 0.4) is 0 Å². The maximum absolute atomic E-state index is 10.8. The van der Waals surface area contributed by atoms with E-state index in [1.807, 2.05) is 0 Å². The molecule has 0 radical (unpaired) electrons. The lowest BCUT2D eigenvalue weighted by molar-refractivity contribution is -0.348. The molecule has 0 aromatic rings. The minimum Gasteiger partial charge on any atom is -0.790 e. The van der Waals surface area contributed by atoms with Gasteiger partial charge in [-0.1, -0.05) is 0 Å². The first-order valence-corrected chi connectivity index (χ1v) is 7.14. The molecular formula is C10H11O10P-4. The number of carboxylic acid groups (broad SMARTS) is 2. The molecule has 0 aromatic heterocycles. The van der Waals surface area contributed by atoms with Crippen LogP contribution in [0.4, 0.5) is 0 Å². The summed E-state index contributed by atoms with van der Waals surface area (Å²) in [6.45, 7) is 1.06. The lowest BCUT2D eigenvalue weighted by Gasteiger charge is -2.40. The van der Waals surface area contributed by atoms with Gasteiger partial charge in [0.1, 0.15) is 12.2 Å². The van der Waals surface area contributed by atoms with Crippen molar-refractivity contribution < 1.29 is 48.5 Å². The van der Waals surface area contributed by atoms with Gasteiger partial charge in [0.25, 0.3) is 0 Å². The number of carbonyl (C=O) groups is 2. The lowest BCUT2D eigenvalue weighted by Crippen LogP contribution is -2.48. The van der Waals surface area contributed by atoms with E-state index in [4.69, 9.17) is 4.74 Å². The number of aliphatic carboxylic acids is 2. The average Bonchev–Trinajstić information content (AvgIpc) is 2.31. The molecule has 10 nitrogen and oxygen atoms in total. The molecule has 1 N–H and O–H groups in total. The highest BCUT2D eigenvalue weighted by Crippen LogP contribution is 2.34. The van der Waals surface area contributed by atoms with Gasteiger partial charge in [0, 0.05) is 6.42 Å². The number of rotatable bonds is 6. The predicted octanol–water partition coefficient (Wildman–Crippen LogP) is -4.84. The van der Waals surface area contributed by atoms with Crippen LogP contribution in [-0.4, -0.2) is 41.5 Å². The fourth-order valence-corrected chi connectivity index (χ4v) is 2.27. The van der Waals surface area contributed by atoms with Gasteiger partial charge in [-0.25, -0.2) is 0 Å². The minimum atomic E-state index is -5.49. The smallest absolute Gasteiger partial charge is 0.111 e. The highest BCUT2D eigenvalue weighted by Gasteiger charge is 2.35. The number of carbonyl (C=O) groups excluding carboxylic acids is 2. The molecule has 0 fully saturated rings. The molecule has 0 heterocycles. The Labute approximate surface area is 118 Å². The number of hydrogen-bond acceptors (Lipinski definition) is 10. The molecule has 1 rings (SSSR count). The third-order valence-corrected chi connectivity index (χ3v) is 3.25. The zero-order valence-electron chi connectivity index (χ0n) is 10.7. The molecule has 0 aliphatic heterocycles. The van der Waals surface area contributed by atoms with Crippen molar-refractivity contribution >= 4 is 19.8 Å². The summed E-state index contributed by atoms with van der Waals surface area (Å²) in [4.78, 5) is 42.5. The molecule has 4 atom stereocenters. The number of aliphatic hydroxyl groups is 1. The Morgan fingerprint density at radius 3 is 2.43 bits per heavy atom. The predicted molar refractivity (Wildman–Crippen MR) is 55.5 cm³/mol. The summed E-state index contributed by atoms with van der Waals surface area (Å²) in [5, 5.41) is 31.2. The van der Waals surface area contributed by atoms with Gasteiger partial charge in [0.05, 0.1) is 32.0 Å². The molecule has 0 amide bonds. The highest BCUT2D eigenvalue weighted by atomic mass is 31.2. The summed E-state index contributed by atoms with van der Waals surface area (Å²) in [6.07, 6.45) is -6.27. The van der Waals surface area contributed by atoms with Gasteiger partial charge in [-0.15, -0.1) is 0 Å². The summed E-state index contributed by atoms with van der Waals surface area (Å²) in [5.41, 5.74) is -0.491. The zero-order chi connectivity index (χ0) is 16.4. The van der Waals surface area contributed by atoms with Crippen LogP contribution >= 0.6 is 7.82 Å². The Balaban J connectivity index is 2.98. The number of aliphatic hydroxyl groups excluding tert-OH is 1. The molecule has 0 aromatic carbocycles. The van der Waals surface area contributed by atoms with Crippen LogP contribution in [0.1, 0.15) is 13.3 Å². The Hall–Kier alpha value is -1.29. The number of hydrogen-bond donors (Lipinski definition) is 1. The maximum atomic E-state index is 10.8. The molecule has 120 valence electrons. The van der Waals surface area contributed by atoms with Gasteiger partial charge < -0.3 is 48.5 Å². The van der Waals surface area contributed by atoms with Crippen molar-refractivity contribution in [2.45, 2.75) is 37.8 Å². The maximum Gasteiger partial charge on any atom is 0.111 e. The summed E-state index contributed by atoms with van der Waals surface area (Å²) < 4.78 is 19.5. The van der Waals surface area contributed by atoms with Crippen LogP contribution in [0.2, 0.25) is 0 Å². The van der Waals surface area contributed by atoms with Crippen molar-refractivity contribution in [1.29, 1.82) is 0 Å². The normalized spacial score (nSPS) is 27.8. The quantitative estimate of drug-likeness (QED) is 0.465. The zero-order valence-corrected chi connectivity index (χ0v) is 11.6. The summed E-state index contributed by atoms with van der Waals surface area (Å²) >= 11 is 0. The van der Waals surface area contributed by atoms with Crippen LogP contribution in [0.25, 0.3) is 0 Å². The van der Waals surface area contributed by atoms with Gasteiger partial charge in [-0.05, 0) is 18.6 Å². The Morgan fingerprint density at radius 1 is 1.43 bits per heavy atom. The Kier molecular flexibility index (Phi) is 5.62. The molecule has 21 heavy (non-hydrogen) atoms. The van der Waals surface area contributed by atoms with E-state index in [0.717, 1.165) is 13.0 Å². The van der Waals surface area contributed by atoms with Crippen molar-refractivity contribution in [3.8, 4) is 0 Å². The SMILES string of the molecule is C[C@H](O[C@@H]1C=C(C(=O)[O-])C[C@@H](OP(=O)([O-])[O-])[C@H]1O)C(=O)[O-]. The molecule has 1 aliphatic carbocycles. The Bertz CT molecular complexity index is 494. The topological polar surface area (TPSA) is 182 Å². The number of ether oxygens (including phenoxy) is 1. The largest absolute Gasteiger partial charge is 0.790 e. The van der Waals surface area contributed by atoms with E-state index in [-0.39, 0.29) is 0 Å². The second kappa shape index (κ2) is 6.65. The van der Waals surface area contributed by atoms with E-state index >= 15 is 0 Å².